The Hall–Kier alpha value is -4.84. The first-order valence-electron chi connectivity index (χ1n) is 10.8. The van der Waals surface area contributed by atoms with Gasteiger partial charge in [0.25, 0.3) is 5.91 Å². The Kier molecular flexibility index (Phi) is 5.78. The van der Waals surface area contributed by atoms with Crippen molar-refractivity contribution >= 4 is 17.2 Å². The van der Waals surface area contributed by atoms with Gasteiger partial charge >= 0.3 is 6.18 Å². The predicted molar refractivity (Wildman–Crippen MR) is 129 cm³/mol. The maximum Gasteiger partial charge on any atom is 0.416 e. The second-order valence-corrected chi connectivity index (χ2v) is 8.05. The lowest BCUT2D eigenvalue weighted by atomic mass is 10.1. The number of hydrogen-bond acceptors (Lipinski definition) is 3. The van der Waals surface area contributed by atoms with E-state index in [-0.39, 0.29) is 16.9 Å². The van der Waals surface area contributed by atoms with E-state index in [4.69, 9.17) is 0 Å². The van der Waals surface area contributed by atoms with E-state index < -0.39 is 17.6 Å². The Labute approximate surface area is 204 Å². The number of pyridine rings is 1. The number of fused-ring (bicyclic) bond motifs is 1. The van der Waals surface area contributed by atoms with Crippen molar-refractivity contribution in [2.45, 2.75) is 13.1 Å². The highest BCUT2D eigenvalue weighted by Crippen LogP contribution is 2.33. The molecule has 0 saturated carbocycles. The second kappa shape index (κ2) is 9.07. The molecule has 1 N–H and O–H groups in total. The van der Waals surface area contributed by atoms with Crippen molar-refractivity contribution in [2.75, 3.05) is 5.32 Å². The summed E-state index contributed by atoms with van der Waals surface area (Å²) in [7, 11) is 0. The van der Waals surface area contributed by atoms with Crippen LogP contribution in [0.15, 0.2) is 85.6 Å². The number of carbonyl (C=O) groups is 1. The summed E-state index contributed by atoms with van der Waals surface area (Å²) < 4.78 is 43.9. The molecule has 5 aromatic rings. The molecule has 0 fully saturated rings. The van der Waals surface area contributed by atoms with Crippen molar-refractivity contribution < 1.29 is 18.0 Å². The van der Waals surface area contributed by atoms with Crippen molar-refractivity contribution in [3.05, 3.63) is 114 Å². The molecule has 0 aliphatic carbocycles. The molecule has 0 aliphatic heterocycles. The van der Waals surface area contributed by atoms with Crippen LogP contribution in [0.5, 0.6) is 0 Å². The Balaban J connectivity index is 1.42. The summed E-state index contributed by atoms with van der Waals surface area (Å²) >= 11 is 0. The van der Waals surface area contributed by atoms with Crippen LogP contribution in [0.3, 0.4) is 0 Å². The highest BCUT2D eigenvalue weighted by atomic mass is 19.4. The van der Waals surface area contributed by atoms with Crippen molar-refractivity contribution in [1.29, 1.82) is 0 Å². The van der Waals surface area contributed by atoms with Crippen LogP contribution in [0.2, 0.25) is 0 Å². The van der Waals surface area contributed by atoms with Gasteiger partial charge in [0, 0.05) is 34.9 Å². The molecular weight excluding hydrogens is 467 g/mol. The van der Waals surface area contributed by atoms with Gasteiger partial charge in [0.1, 0.15) is 11.3 Å². The second-order valence-electron chi connectivity index (χ2n) is 8.05. The van der Waals surface area contributed by atoms with Gasteiger partial charge in [-0.05, 0) is 61.4 Å². The molecule has 6 nitrogen and oxygen atoms in total. The number of rotatable bonds is 3. The van der Waals surface area contributed by atoms with Crippen molar-refractivity contribution in [1.82, 2.24) is 18.9 Å². The number of benzene rings is 2. The fourth-order valence-corrected chi connectivity index (χ4v) is 3.66. The highest BCUT2D eigenvalue weighted by Gasteiger charge is 2.31. The number of amides is 1. The monoisotopic (exact) mass is 485 g/mol. The molecule has 3 aromatic heterocycles. The number of alkyl halides is 3. The molecule has 178 valence electrons. The number of aryl methyl sites for hydroxylation is 1. The minimum Gasteiger partial charge on any atom is -0.322 e. The predicted octanol–water partition coefficient (Wildman–Crippen LogP) is 5.50. The summed E-state index contributed by atoms with van der Waals surface area (Å²) in [6.45, 7) is 1.73. The first kappa shape index (κ1) is 22.9. The summed E-state index contributed by atoms with van der Waals surface area (Å²) in [6.07, 6.45) is 1.95. The molecule has 0 bridgehead atoms. The number of nitrogens with zero attached hydrogens (tertiary/aromatic N) is 4. The number of hydrogen-bond donors (Lipinski definition) is 1. The van der Waals surface area contributed by atoms with Gasteiger partial charge in [-0.25, -0.2) is 9.97 Å². The van der Waals surface area contributed by atoms with Crippen LogP contribution in [0.25, 0.3) is 11.3 Å². The first-order valence-corrected chi connectivity index (χ1v) is 10.8. The fourth-order valence-electron chi connectivity index (χ4n) is 3.66. The van der Waals surface area contributed by atoms with Gasteiger partial charge in [-0.3, -0.25) is 9.20 Å². The van der Waals surface area contributed by atoms with Gasteiger partial charge < -0.3 is 9.88 Å². The highest BCUT2D eigenvalue weighted by molar-refractivity contribution is 6.04. The van der Waals surface area contributed by atoms with Crippen molar-refractivity contribution in [2.24, 2.45) is 0 Å². The largest absolute Gasteiger partial charge is 0.416 e. The van der Waals surface area contributed by atoms with E-state index in [9.17, 15) is 18.0 Å². The summed E-state index contributed by atoms with van der Waals surface area (Å²) in [5, 5.41) is 2.57. The van der Waals surface area contributed by atoms with E-state index in [2.05, 4.69) is 27.1 Å². The Morgan fingerprint density at radius 1 is 1.00 bits per heavy atom. The van der Waals surface area contributed by atoms with Gasteiger partial charge in [-0.2, -0.15) is 13.2 Å². The molecule has 36 heavy (non-hydrogen) atoms. The lowest BCUT2D eigenvalue weighted by Crippen LogP contribution is -2.14. The molecule has 0 unspecified atom stereocenters. The molecule has 0 radical (unpaired) electrons. The van der Waals surface area contributed by atoms with E-state index in [0.717, 1.165) is 17.8 Å². The topological polar surface area (TPSA) is 64.2 Å². The quantitative estimate of drug-likeness (QED) is 0.343. The molecular formula is C27H18F3N5O. The molecule has 5 rings (SSSR count). The Morgan fingerprint density at radius 2 is 1.86 bits per heavy atom. The number of aromatic nitrogens is 4. The van der Waals surface area contributed by atoms with Gasteiger partial charge in [-0.1, -0.05) is 18.1 Å². The number of nitrogens with one attached hydrogen (secondary N) is 1. The van der Waals surface area contributed by atoms with Crippen LogP contribution >= 0.6 is 0 Å². The Morgan fingerprint density at radius 3 is 2.64 bits per heavy atom. The van der Waals surface area contributed by atoms with E-state index >= 15 is 0 Å². The van der Waals surface area contributed by atoms with Gasteiger partial charge in [0.05, 0.1) is 23.8 Å². The summed E-state index contributed by atoms with van der Waals surface area (Å²) in [4.78, 5) is 21.3. The number of halogens is 3. The number of carbonyl (C=O) groups excluding carboxylic acids is 1. The van der Waals surface area contributed by atoms with Crippen LogP contribution in [0.1, 0.15) is 32.9 Å². The number of anilines is 1. The minimum absolute atomic E-state index is 0.0124. The maximum absolute atomic E-state index is 13.5. The zero-order valence-electron chi connectivity index (χ0n) is 18.9. The average Bonchev–Trinajstić information content (AvgIpc) is 3.48. The molecule has 1 amide bonds. The van der Waals surface area contributed by atoms with Gasteiger partial charge in [-0.15, -0.1) is 0 Å². The third kappa shape index (κ3) is 4.83. The normalized spacial score (nSPS) is 11.2. The molecule has 0 aliphatic rings. The van der Waals surface area contributed by atoms with Crippen LogP contribution in [0, 0.1) is 18.8 Å². The van der Waals surface area contributed by atoms with Crippen LogP contribution in [0.4, 0.5) is 18.9 Å². The standard InChI is InChI=1S/C27H18F3N5O/c1-18-16-34(17-32-18)24-13-21(27(28,29)30)12-22(14-24)33-26(36)20-6-4-5-19(11-20)8-9-23-15-31-25-7-2-3-10-35(23)25/h2-7,10-17H,1H3,(H,33,36). The molecule has 2 aromatic carbocycles. The fraction of sp³-hybridized carbons (Fsp3) is 0.0741. The summed E-state index contributed by atoms with van der Waals surface area (Å²) in [6, 6.07) is 15.6. The zero-order valence-corrected chi connectivity index (χ0v) is 18.9. The van der Waals surface area contributed by atoms with Crippen molar-refractivity contribution in [3.63, 3.8) is 0 Å². The molecule has 0 saturated heterocycles. The third-order valence-electron chi connectivity index (χ3n) is 5.39. The minimum atomic E-state index is -4.58. The third-order valence-corrected chi connectivity index (χ3v) is 5.39. The Bertz CT molecular complexity index is 1650. The molecule has 0 spiro atoms. The van der Waals surface area contributed by atoms with E-state index in [1.165, 1.54) is 17.0 Å². The smallest absolute Gasteiger partial charge is 0.322 e. The number of imidazole rings is 2. The first-order chi connectivity index (χ1) is 17.3. The lowest BCUT2D eigenvalue weighted by Gasteiger charge is -2.13. The van der Waals surface area contributed by atoms with Gasteiger partial charge in [0.2, 0.25) is 0 Å². The SMILES string of the molecule is Cc1cn(-c2cc(NC(=O)c3cccc(C#Cc4cnc5ccccn45)c3)cc(C(F)(F)F)c2)cn1. The maximum atomic E-state index is 13.5. The molecule has 9 heteroatoms. The summed E-state index contributed by atoms with van der Waals surface area (Å²) in [5.74, 6) is 5.49. The summed E-state index contributed by atoms with van der Waals surface area (Å²) in [5.41, 5.74) is 2.30. The zero-order chi connectivity index (χ0) is 25.3. The van der Waals surface area contributed by atoms with E-state index in [1.807, 2.05) is 28.8 Å². The van der Waals surface area contributed by atoms with E-state index in [0.29, 0.717) is 17.0 Å². The molecule has 3 heterocycles. The van der Waals surface area contributed by atoms with Crippen molar-refractivity contribution in [3.8, 4) is 17.5 Å². The van der Waals surface area contributed by atoms with Crippen LogP contribution < -0.4 is 5.32 Å². The molecule has 0 atom stereocenters. The van der Waals surface area contributed by atoms with E-state index in [1.54, 1.807) is 43.6 Å². The lowest BCUT2D eigenvalue weighted by molar-refractivity contribution is -0.137. The van der Waals surface area contributed by atoms with Crippen LogP contribution in [-0.2, 0) is 6.18 Å². The van der Waals surface area contributed by atoms with Gasteiger partial charge in [0.15, 0.2) is 0 Å². The average molecular weight is 485 g/mol. The van der Waals surface area contributed by atoms with Crippen LogP contribution in [-0.4, -0.2) is 24.8 Å².